The third-order valence-electron chi connectivity index (χ3n) is 6.69. The molecule has 0 amide bonds. The standard InChI is InChI=1S/C34H30BrNO4/c1-37-29-17-27(18-30(21-29)38-2)36(28-19-31(39-3)22-32(20-28)40-4)26-15-10-23(11-16-26)9-12-25-14-13-24-7-5-6-8-33(24)34(25)35/h5-22H,1-4H3. The van der Waals surface area contributed by atoms with Crippen LogP contribution >= 0.6 is 15.9 Å². The molecule has 5 aromatic rings. The molecule has 0 bridgehead atoms. The fourth-order valence-electron chi connectivity index (χ4n) is 4.59. The van der Waals surface area contributed by atoms with E-state index in [0.717, 1.165) is 32.7 Å². The van der Waals surface area contributed by atoms with Crippen LogP contribution in [0.25, 0.3) is 22.9 Å². The zero-order chi connectivity index (χ0) is 28.1. The Balaban J connectivity index is 1.54. The molecule has 0 saturated heterocycles. The molecule has 6 heteroatoms. The Bertz CT molecular complexity index is 1560. The first-order valence-corrected chi connectivity index (χ1v) is 13.5. The predicted molar refractivity (Wildman–Crippen MR) is 168 cm³/mol. The Labute approximate surface area is 243 Å². The van der Waals surface area contributed by atoms with Gasteiger partial charge < -0.3 is 23.8 Å². The van der Waals surface area contributed by atoms with Crippen LogP contribution < -0.4 is 23.8 Å². The highest BCUT2D eigenvalue weighted by atomic mass is 79.9. The van der Waals surface area contributed by atoms with Crippen molar-refractivity contribution in [1.82, 2.24) is 0 Å². The molecule has 5 rings (SSSR count). The lowest BCUT2D eigenvalue weighted by Crippen LogP contribution is -2.11. The van der Waals surface area contributed by atoms with E-state index in [1.54, 1.807) is 28.4 Å². The molecule has 0 spiro atoms. The molecule has 0 fully saturated rings. The Morgan fingerprint density at radius 1 is 0.550 bits per heavy atom. The highest BCUT2D eigenvalue weighted by Crippen LogP contribution is 2.41. The van der Waals surface area contributed by atoms with Gasteiger partial charge in [-0.2, -0.15) is 0 Å². The van der Waals surface area contributed by atoms with Crippen LogP contribution in [0.3, 0.4) is 0 Å². The summed E-state index contributed by atoms with van der Waals surface area (Å²) in [5, 5.41) is 2.40. The van der Waals surface area contributed by atoms with E-state index in [4.69, 9.17) is 18.9 Å². The number of rotatable bonds is 9. The second kappa shape index (κ2) is 12.2. The SMILES string of the molecule is COc1cc(OC)cc(N(c2ccc(C=Cc3ccc4ccccc4c3Br)cc2)c2cc(OC)cc(OC)c2)c1. The number of hydrogen-bond donors (Lipinski definition) is 0. The third kappa shape index (κ3) is 5.77. The molecule has 0 aromatic heterocycles. The molecule has 5 aromatic carbocycles. The van der Waals surface area contributed by atoms with Crippen LogP contribution in [0, 0.1) is 0 Å². The van der Waals surface area contributed by atoms with Crippen molar-refractivity contribution in [2.75, 3.05) is 33.3 Å². The van der Waals surface area contributed by atoms with Crippen molar-refractivity contribution in [2.24, 2.45) is 0 Å². The Morgan fingerprint density at radius 2 is 1.07 bits per heavy atom. The van der Waals surface area contributed by atoms with E-state index in [0.29, 0.717) is 23.0 Å². The van der Waals surface area contributed by atoms with Gasteiger partial charge in [-0.1, -0.05) is 60.7 Å². The Hall–Kier alpha value is -4.42. The molecule has 0 aliphatic carbocycles. The number of anilines is 3. The maximum atomic E-state index is 5.57. The van der Waals surface area contributed by atoms with E-state index in [2.05, 4.69) is 93.6 Å². The van der Waals surface area contributed by atoms with Crippen LogP contribution in [0.1, 0.15) is 11.1 Å². The largest absolute Gasteiger partial charge is 0.497 e. The second-order valence-corrected chi connectivity index (χ2v) is 9.88. The minimum Gasteiger partial charge on any atom is -0.497 e. The molecule has 0 heterocycles. The van der Waals surface area contributed by atoms with E-state index in [-0.39, 0.29) is 0 Å². The molecule has 0 radical (unpaired) electrons. The van der Waals surface area contributed by atoms with Crippen LogP contribution in [0.5, 0.6) is 23.0 Å². The van der Waals surface area contributed by atoms with E-state index >= 15 is 0 Å². The van der Waals surface area contributed by atoms with Gasteiger partial charge in [-0.05, 0) is 50.0 Å². The first kappa shape index (κ1) is 27.2. The average Bonchev–Trinajstić information content (AvgIpc) is 3.01. The van der Waals surface area contributed by atoms with Crippen LogP contribution in [-0.4, -0.2) is 28.4 Å². The minimum absolute atomic E-state index is 0.690. The molecule has 40 heavy (non-hydrogen) atoms. The minimum atomic E-state index is 0.690. The fourth-order valence-corrected chi connectivity index (χ4v) is 5.22. The lowest BCUT2D eigenvalue weighted by atomic mass is 10.1. The predicted octanol–water partition coefficient (Wildman–Crippen LogP) is 9.28. The summed E-state index contributed by atoms with van der Waals surface area (Å²) < 4.78 is 23.4. The first-order chi connectivity index (χ1) is 19.5. The summed E-state index contributed by atoms with van der Waals surface area (Å²) in [6.07, 6.45) is 4.25. The molecule has 0 unspecified atom stereocenters. The summed E-state index contributed by atoms with van der Waals surface area (Å²) in [4.78, 5) is 2.11. The quantitative estimate of drug-likeness (QED) is 0.159. The molecule has 0 N–H and O–H groups in total. The Morgan fingerprint density at radius 3 is 1.60 bits per heavy atom. The second-order valence-electron chi connectivity index (χ2n) is 9.09. The van der Waals surface area contributed by atoms with Gasteiger partial charge in [-0.3, -0.25) is 0 Å². The van der Waals surface area contributed by atoms with Gasteiger partial charge in [0, 0.05) is 46.6 Å². The van der Waals surface area contributed by atoms with Crippen molar-refractivity contribution in [2.45, 2.75) is 0 Å². The van der Waals surface area contributed by atoms with Gasteiger partial charge >= 0.3 is 0 Å². The number of benzene rings is 5. The zero-order valence-electron chi connectivity index (χ0n) is 22.9. The van der Waals surface area contributed by atoms with Crippen molar-refractivity contribution in [3.05, 3.63) is 113 Å². The maximum Gasteiger partial charge on any atom is 0.124 e. The average molecular weight is 597 g/mol. The summed E-state index contributed by atoms with van der Waals surface area (Å²) in [6.45, 7) is 0. The highest BCUT2D eigenvalue weighted by Gasteiger charge is 2.17. The molecular formula is C34H30BrNO4. The lowest BCUT2D eigenvalue weighted by molar-refractivity contribution is 0.394. The number of halogens is 1. The van der Waals surface area contributed by atoms with Crippen molar-refractivity contribution in [1.29, 1.82) is 0 Å². The molecule has 0 aliphatic rings. The molecule has 0 atom stereocenters. The van der Waals surface area contributed by atoms with Crippen molar-refractivity contribution in [3.63, 3.8) is 0 Å². The number of ether oxygens (including phenoxy) is 4. The lowest BCUT2D eigenvalue weighted by Gasteiger charge is -2.27. The van der Waals surface area contributed by atoms with E-state index < -0.39 is 0 Å². The monoisotopic (exact) mass is 595 g/mol. The van der Waals surface area contributed by atoms with Crippen LogP contribution in [0.2, 0.25) is 0 Å². The molecule has 202 valence electrons. The van der Waals surface area contributed by atoms with Gasteiger partial charge in [0.2, 0.25) is 0 Å². The van der Waals surface area contributed by atoms with Gasteiger partial charge in [0.25, 0.3) is 0 Å². The smallest absolute Gasteiger partial charge is 0.124 e. The van der Waals surface area contributed by atoms with Gasteiger partial charge in [0.1, 0.15) is 23.0 Å². The summed E-state index contributed by atoms with van der Waals surface area (Å²) in [6, 6.07) is 32.6. The highest BCUT2D eigenvalue weighted by molar-refractivity contribution is 9.10. The number of nitrogens with zero attached hydrogens (tertiary/aromatic N) is 1. The molecular weight excluding hydrogens is 566 g/mol. The summed E-state index contributed by atoms with van der Waals surface area (Å²) >= 11 is 3.79. The van der Waals surface area contributed by atoms with E-state index in [1.807, 2.05) is 36.4 Å². The topological polar surface area (TPSA) is 40.2 Å². The number of methoxy groups -OCH3 is 4. The Kier molecular flexibility index (Phi) is 8.27. The third-order valence-corrected chi connectivity index (χ3v) is 7.57. The van der Waals surface area contributed by atoms with Gasteiger partial charge in [-0.25, -0.2) is 0 Å². The van der Waals surface area contributed by atoms with Crippen LogP contribution in [0.4, 0.5) is 17.1 Å². The first-order valence-electron chi connectivity index (χ1n) is 12.7. The maximum absolute atomic E-state index is 5.57. The van der Waals surface area contributed by atoms with Crippen LogP contribution in [-0.2, 0) is 0 Å². The molecule has 0 aliphatic heterocycles. The summed E-state index contributed by atoms with van der Waals surface area (Å²) in [5.41, 5.74) is 4.89. The normalized spacial score (nSPS) is 11.0. The van der Waals surface area contributed by atoms with Crippen molar-refractivity contribution < 1.29 is 18.9 Å². The van der Waals surface area contributed by atoms with Gasteiger partial charge in [0.05, 0.1) is 39.8 Å². The van der Waals surface area contributed by atoms with Crippen LogP contribution in [0.15, 0.2) is 102 Å². The summed E-state index contributed by atoms with van der Waals surface area (Å²) in [5.74, 6) is 2.76. The molecule has 0 saturated carbocycles. The number of hydrogen-bond acceptors (Lipinski definition) is 5. The van der Waals surface area contributed by atoms with Crippen molar-refractivity contribution >= 4 is 55.9 Å². The van der Waals surface area contributed by atoms with E-state index in [1.165, 1.54) is 10.8 Å². The summed E-state index contributed by atoms with van der Waals surface area (Å²) in [7, 11) is 6.58. The van der Waals surface area contributed by atoms with Gasteiger partial charge in [-0.15, -0.1) is 0 Å². The number of fused-ring (bicyclic) bond motifs is 1. The van der Waals surface area contributed by atoms with Gasteiger partial charge in [0.15, 0.2) is 0 Å². The van der Waals surface area contributed by atoms with Crippen molar-refractivity contribution in [3.8, 4) is 23.0 Å². The zero-order valence-corrected chi connectivity index (χ0v) is 24.4. The fraction of sp³-hybridized carbons (Fsp3) is 0.118. The molecule has 5 nitrogen and oxygen atoms in total. The van der Waals surface area contributed by atoms with E-state index in [9.17, 15) is 0 Å².